The zero-order valence-electron chi connectivity index (χ0n) is 16.3. The first-order valence-corrected chi connectivity index (χ1v) is 11.8. The van der Waals surface area contributed by atoms with Gasteiger partial charge >= 0.3 is 0 Å². The van der Waals surface area contributed by atoms with Gasteiger partial charge in [-0.3, -0.25) is 14.5 Å². The highest BCUT2D eigenvalue weighted by Crippen LogP contribution is 2.37. The number of hydrogen-bond acceptors (Lipinski definition) is 4. The molecule has 0 spiro atoms. The van der Waals surface area contributed by atoms with E-state index in [2.05, 4.69) is 10.2 Å². The second-order valence-electron chi connectivity index (χ2n) is 7.86. The first kappa shape index (κ1) is 20.9. The predicted molar refractivity (Wildman–Crippen MR) is 119 cm³/mol. The Balaban J connectivity index is 1.31. The Bertz CT molecular complexity index is 903. The number of amides is 2. The normalized spacial score (nSPS) is 18.9. The lowest BCUT2D eigenvalue weighted by Crippen LogP contribution is -2.52. The summed E-state index contributed by atoms with van der Waals surface area (Å²) in [5, 5.41) is 5.16. The monoisotopic (exact) mass is 453 g/mol. The zero-order chi connectivity index (χ0) is 20.4. The molecule has 2 aliphatic rings. The van der Waals surface area contributed by atoms with E-state index in [1.54, 1.807) is 6.07 Å². The first-order chi connectivity index (χ1) is 14.0. The number of benzene rings is 1. The summed E-state index contributed by atoms with van der Waals surface area (Å²) in [6, 6.07) is 5.82. The van der Waals surface area contributed by atoms with Crippen LogP contribution in [0.3, 0.4) is 0 Å². The van der Waals surface area contributed by atoms with Gasteiger partial charge in [0.1, 0.15) is 4.88 Å². The molecule has 0 unspecified atom stereocenters. The van der Waals surface area contributed by atoms with Crippen LogP contribution in [0.5, 0.6) is 0 Å². The lowest BCUT2D eigenvalue weighted by atomic mass is 9.95. The molecule has 1 saturated heterocycles. The van der Waals surface area contributed by atoms with Crippen molar-refractivity contribution in [2.75, 3.05) is 32.7 Å². The van der Waals surface area contributed by atoms with Crippen molar-refractivity contribution in [3.63, 3.8) is 0 Å². The summed E-state index contributed by atoms with van der Waals surface area (Å²) in [5.74, 6) is 0.0553. The number of piperazine rings is 1. The van der Waals surface area contributed by atoms with Gasteiger partial charge in [0.25, 0.3) is 5.91 Å². The number of carbonyl (C=O) groups is 2. The molecule has 2 fully saturated rings. The molecule has 1 saturated carbocycles. The summed E-state index contributed by atoms with van der Waals surface area (Å²) in [7, 11) is 0. The fourth-order valence-corrected chi connectivity index (χ4v) is 5.91. The molecule has 1 aliphatic heterocycles. The van der Waals surface area contributed by atoms with E-state index in [1.807, 2.05) is 17.0 Å². The van der Waals surface area contributed by atoms with E-state index in [-0.39, 0.29) is 11.8 Å². The molecule has 1 aromatic heterocycles. The molecule has 1 N–H and O–H groups in total. The maximum absolute atomic E-state index is 13.0. The number of hydrogen-bond donors (Lipinski definition) is 1. The summed E-state index contributed by atoms with van der Waals surface area (Å²) < 4.78 is 0.920. The van der Waals surface area contributed by atoms with Gasteiger partial charge in [-0.25, -0.2) is 0 Å². The Morgan fingerprint density at radius 1 is 1.07 bits per heavy atom. The average molecular weight is 454 g/mol. The summed E-state index contributed by atoms with van der Waals surface area (Å²) in [4.78, 5) is 29.8. The largest absolute Gasteiger partial charge is 0.352 e. The molecule has 2 heterocycles. The quantitative estimate of drug-likeness (QED) is 0.745. The van der Waals surface area contributed by atoms with E-state index in [0.29, 0.717) is 53.7 Å². The van der Waals surface area contributed by atoms with Crippen molar-refractivity contribution in [2.45, 2.75) is 38.1 Å². The van der Waals surface area contributed by atoms with E-state index in [4.69, 9.17) is 23.2 Å². The van der Waals surface area contributed by atoms with Gasteiger partial charge in [0.15, 0.2) is 0 Å². The number of carbonyl (C=O) groups excluding carboxylic acids is 2. The molecule has 2 aromatic rings. The van der Waals surface area contributed by atoms with Crippen molar-refractivity contribution in [3.8, 4) is 0 Å². The van der Waals surface area contributed by atoms with Crippen LogP contribution in [-0.4, -0.2) is 60.4 Å². The van der Waals surface area contributed by atoms with Crippen LogP contribution in [-0.2, 0) is 4.79 Å². The molecular formula is C21H25Cl2N3O2S. The molecule has 4 rings (SSSR count). The maximum atomic E-state index is 13.0. The number of fused-ring (bicyclic) bond motifs is 1. The van der Waals surface area contributed by atoms with Crippen LogP contribution in [0.4, 0.5) is 0 Å². The third-order valence-electron chi connectivity index (χ3n) is 5.78. The molecule has 2 amide bonds. The van der Waals surface area contributed by atoms with Crippen LogP contribution in [0.25, 0.3) is 10.1 Å². The molecule has 8 heteroatoms. The molecule has 0 atom stereocenters. The summed E-state index contributed by atoms with van der Waals surface area (Å²) in [5.41, 5.74) is 0. The Morgan fingerprint density at radius 3 is 2.52 bits per heavy atom. The van der Waals surface area contributed by atoms with Gasteiger partial charge in [0.2, 0.25) is 5.91 Å². The number of rotatable bonds is 4. The highest BCUT2D eigenvalue weighted by Gasteiger charge is 2.27. The van der Waals surface area contributed by atoms with Gasteiger partial charge in [0, 0.05) is 47.3 Å². The zero-order valence-corrected chi connectivity index (χ0v) is 18.6. The standard InChI is InChI=1S/C21H25Cl2N3O2S/c22-14-6-7-16-17(12-14)29-20(19(16)23)21(28)26-10-8-25(9-11-26)13-18(27)24-15-4-2-1-3-5-15/h6-7,12,15H,1-5,8-11,13H2,(H,24,27). The van der Waals surface area contributed by atoms with Gasteiger partial charge in [0.05, 0.1) is 11.6 Å². The van der Waals surface area contributed by atoms with Gasteiger partial charge in [-0.2, -0.15) is 0 Å². The highest BCUT2D eigenvalue weighted by atomic mass is 35.5. The lowest BCUT2D eigenvalue weighted by molar-refractivity contribution is -0.123. The summed E-state index contributed by atoms with van der Waals surface area (Å²) >= 11 is 13.9. The van der Waals surface area contributed by atoms with E-state index >= 15 is 0 Å². The van der Waals surface area contributed by atoms with Gasteiger partial charge in [-0.15, -0.1) is 11.3 Å². The van der Waals surface area contributed by atoms with Gasteiger partial charge in [-0.05, 0) is 25.0 Å². The minimum Gasteiger partial charge on any atom is -0.352 e. The molecule has 1 aliphatic carbocycles. The van der Waals surface area contributed by atoms with Gasteiger partial charge < -0.3 is 10.2 Å². The summed E-state index contributed by atoms with van der Waals surface area (Å²) in [6.07, 6.45) is 5.87. The molecule has 29 heavy (non-hydrogen) atoms. The third-order valence-corrected chi connectivity index (χ3v) is 7.66. The topological polar surface area (TPSA) is 52.7 Å². The number of nitrogens with zero attached hydrogens (tertiary/aromatic N) is 2. The Hall–Kier alpha value is -1.34. The van der Waals surface area contributed by atoms with Crippen molar-refractivity contribution in [2.24, 2.45) is 0 Å². The van der Waals surface area contributed by atoms with Crippen molar-refractivity contribution < 1.29 is 9.59 Å². The van der Waals surface area contributed by atoms with Crippen molar-refractivity contribution >= 4 is 56.4 Å². The van der Waals surface area contributed by atoms with Crippen molar-refractivity contribution in [1.29, 1.82) is 0 Å². The van der Waals surface area contributed by atoms with Crippen LogP contribution in [0, 0.1) is 0 Å². The fraction of sp³-hybridized carbons (Fsp3) is 0.524. The molecule has 1 aromatic carbocycles. The third kappa shape index (κ3) is 4.88. The molecule has 5 nitrogen and oxygen atoms in total. The van der Waals surface area contributed by atoms with Crippen LogP contribution < -0.4 is 5.32 Å². The highest BCUT2D eigenvalue weighted by molar-refractivity contribution is 7.21. The minimum atomic E-state index is -0.0429. The van der Waals surface area contributed by atoms with E-state index in [1.165, 1.54) is 30.6 Å². The van der Waals surface area contributed by atoms with E-state index < -0.39 is 0 Å². The molecule has 156 valence electrons. The molecule has 0 bridgehead atoms. The average Bonchev–Trinajstić information content (AvgIpc) is 3.04. The Kier molecular flexibility index (Phi) is 6.64. The maximum Gasteiger partial charge on any atom is 0.265 e. The smallest absolute Gasteiger partial charge is 0.265 e. The predicted octanol–water partition coefficient (Wildman–Crippen LogP) is 4.41. The van der Waals surface area contributed by atoms with Crippen LogP contribution >= 0.6 is 34.5 Å². The number of thiophene rings is 1. The van der Waals surface area contributed by atoms with Crippen molar-refractivity contribution in [3.05, 3.63) is 33.1 Å². The van der Waals surface area contributed by atoms with Crippen LogP contribution in [0.15, 0.2) is 18.2 Å². The van der Waals surface area contributed by atoms with Crippen LogP contribution in [0.1, 0.15) is 41.8 Å². The number of nitrogens with one attached hydrogen (secondary N) is 1. The molecule has 0 radical (unpaired) electrons. The first-order valence-electron chi connectivity index (χ1n) is 10.2. The fourth-order valence-electron chi connectivity index (χ4n) is 4.15. The van der Waals surface area contributed by atoms with Crippen molar-refractivity contribution in [1.82, 2.24) is 15.1 Å². The summed E-state index contributed by atoms with van der Waals surface area (Å²) in [6.45, 7) is 2.98. The lowest BCUT2D eigenvalue weighted by Gasteiger charge is -2.34. The second-order valence-corrected chi connectivity index (χ2v) is 9.72. The SMILES string of the molecule is O=C(CN1CCN(C(=O)c2sc3cc(Cl)ccc3c2Cl)CC1)NC1CCCCC1. The Labute approximate surface area is 184 Å². The number of halogens is 2. The molecular weight excluding hydrogens is 429 g/mol. The van der Waals surface area contributed by atoms with Crippen LogP contribution in [0.2, 0.25) is 10.0 Å². The van der Waals surface area contributed by atoms with E-state index in [0.717, 1.165) is 22.9 Å². The second kappa shape index (κ2) is 9.21. The Morgan fingerprint density at radius 2 is 1.79 bits per heavy atom. The van der Waals surface area contributed by atoms with E-state index in [9.17, 15) is 9.59 Å². The minimum absolute atomic E-state index is 0.0429. The van der Waals surface area contributed by atoms with Gasteiger partial charge in [-0.1, -0.05) is 48.5 Å².